The average Bonchev–Trinajstić information content (AvgIpc) is 3.14. The van der Waals surface area contributed by atoms with Crippen molar-refractivity contribution >= 4 is 17.5 Å². The van der Waals surface area contributed by atoms with Crippen molar-refractivity contribution in [1.82, 2.24) is 10.2 Å². The SMILES string of the molecule is O=C(NCCCN1CCOCC1)c1ccc(COc2ccccc2Cl)o1. The van der Waals surface area contributed by atoms with Gasteiger partial charge in [0.25, 0.3) is 5.91 Å². The van der Waals surface area contributed by atoms with Crippen molar-refractivity contribution in [2.24, 2.45) is 0 Å². The number of carbonyl (C=O) groups excluding carboxylic acids is 1. The molecule has 140 valence electrons. The number of hydrogen-bond donors (Lipinski definition) is 1. The Labute approximate surface area is 158 Å². The molecule has 26 heavy (non-hydrogen) atoms. The summed E-state index contributed by atoms with van der Waals surface area (Å²) in [6.45, 7) is 5.28. The molecule has 7 heteroatoms. The second kappa shape index (κ2) is 9.62. The predicted molar refractivity (Wildman–Crippen MR) is 98.7 cm³/mol. The minimum absolute atomic E-state index is 0.212. The zero-order valence-electron chi connectivity index (χ0n) is 14.6. The van der Waals surface area contributed by atoms with E-state index in [9.17, 15) is 4.79 Å². The molecule has 1 aliphatic rings. The molecule has 0 bridgehead atoms. The minimum atomic E-state index is -0.212. The van der Waals surface area contributed by atoms with Gasteiger partial charge in [-0.05, 0) is 37.2 Å². The van der Waals surface area contributed by atoms with Crippen molar-refractivity contribution in [3.8, 4) is 5.75 Å². The van der Waals surface area contributed by atoms with Crippen LogP contribution in [0.15, 0.2) is 40.8 Å². The maximum Gasteiger partial charge on any atom is 0.286 e. The van der Waals surface area contributed by atoms with Crippen molar-refractivity contribution in [3.63, 3.8) is 0 Å². The summed E-state index contributed by atoms with van der Waals surface area (Å²) in [5.74, 6) is 1.23. The summed E-state index contributed by atoms with van der Waals surface area (Å²) in [6, 6.07) is 10.6. The van der Waals surface area contributed by atoms with Crippen LogP contribution in [0.4, 0.5) is 0 Å². The summed E-state index contributed by atoms with van der Waals surface area (Å²) >= 11 is 6.04. The second-order valence-electron chi connectivity index (χ2n) is 6.05. The normalized spacial score (nSPS) is 15.0. The molecule has 0 unspecified atom stereocenters. The third-order valence-corrected chi connectivity index (χ3v) is 4.44. The molecule has 1 aromatic carbocycles. The molecule has 1 N–H and O–H groups in total. The van der Waals surface area contributed by atoms with Gasteiger partial charge in [-0.3, -0.25) is 9.69 Å². The number of ether oxygens (including phenoxy) is 2. The molecule has 0 radical (unpaired) electrons. The third-order valence-electron chi connectivity index (χ3n) is 4.13. The lowest BCUT2D eigenvalue weighted by molar-refractivity contribution is 0.0374. The van der Waals surface area contributed by atoms with Gasteiger partial charge in [0.15, 0.2) is 5.76 Å². The maximum atomic E-state index is 12.1. The van der Waals surface area contributed by atoms with Crippen molar-refractivity contribution in [1.29, 1.82) is 0 Å². The zero-order valence-corrected chi connectivity index (χ0v) is 15.3. The molecule has 2 heterocycles. The number of carbonyl (C=O) groups is 1. The Hall–Kier alpha value is -2.02. The van der Waals surface area contributed by atoms with Crippen LogP contribution < -0.4 is 10.1 Å². The number of benzene rings is 1. The van der Waals surface area contributed by atoms with E-state index < -0.39 is 0 Å². The third kappa shape index (κ3) is 5.49. The summed E-state index contributed by atoms with van der Waals surface area (Å²) in [7, 11) is 0. The van der Waals surface area contributed by atoms with Crippen LogP contribution in [0.1, 0.15) is 22.7 Å². The van der Waals surface area contributed by atoms with E-state index in [0.29, 0.717) is 23.1 Å². The van der Waals surface area contributed by atoms with Gasteiger partial charge >= 0.3 is 0 Å². The fourth-order valence-corrected chi connectivity index (χ4v) is 2.89. The largest absolute Gasteiger partial charge is 0.484 e. The van der Waals surface area contributed by atoms with Crippen LogP contribution in [-0.2, 0) is 11.3 Å². The molecular formula is C19H23ClN2O4. The summed E-state index contributed by atoms with van der Waals surface area (Å²) in [5, 5.41) is 3.42. The number of amides is 1. The van der Waals surface area contributed by atoms with Gasteiger partial charge in [-0.1, -0.05) is 23.7 Å². The van der Waals surface area contributed by atoms with E-state index in [-0.39, 0.29) is 18.3 Å². The monoisotopic (exact) mass is 378 g/mol. The van der Waals surface area contributed by atoms with Crippen LogP contribution in [0.2, 0.25) is 5.02 Å². The smallest absolute Gasteiger partial charge is 0.286 e. The van der Waals surface area contributed by atoms with Gasteiger partial charge in [0.1, 0.15) is 18.1 Å². The maximum absolute atomic E-state index is 12.1. The number of nitrogens with zero attached hydrogens (tertiary/aromatic N) is 1. The molecule has 1 fully saturated rings. The van der Waals surface area contributed by atoms with E-state index in [1.54, 1.807) is 24.3 Å². The zero-order chi connectivity index (χ0) is 18.2. The van der Waals surface area contributed by atoms with Gasteiger partial charge in [-0.15, -0.1) is 0 Å². The van der Waals surface area contributed by atoms with E-state index in [1.165, 1.54) is 0 Å². The van der Waals surface area contributed by atoms with Gasteiger partial charge in [-0.2, -0.15) is 0 Å². The molecule has 6 nitrogen and oxygen atoms in total. The first-order valence-electron chi connectivity index (χ1n) is 8.77. The van der Waals surface area contributed by atoms with E-state index in [2.05, 4.69) is 10.2 Å². The van der Waals surface area contributed by atoms with Crippen LogP contribution in [0.3, 0.4) is 0 Å². The summed E-state index contributed by atoms with van der Waals surface area (Å²) in [6.07, 6.45) is 0.898. The first-order valence-corrected chi connectivity index (χ1v) is 9.14. The molecule has 1 aromatic heterocycles. The van der Waals surface area contributed by atoms with Crippen LogP contribution in [-0.4, -0.2) is 50.2 Å². The summed E-state index contributed by atoms with van der Waals surface area (Å²) in [4.78, 5) is 14.5. The minimum Gasteiger partial charge on any atom is -0.484 e. The summed E-state index contributed by atoms with van der Waals surface area (Å²) < 4.78 is 16.5. The van der Waals surface area contributed by atoms with Crippen molar-refractivity contribution in [3.05, 3.63) is 52.9 Å². The Balaban J connectivity index is 1.39. The Kier molecular flexibility index (Phi) is 6.94. The molecule has 1 aliphatic heterocycles. The van der Waals surface area contributed by atoms with Crippen LogP contribution >= 0.6 is 11.6 Å². The highest BCUT2D eigenvalue weighted by atomic mass is 35.5. The lowest BCUT2D eigenvalue weighted by atomic mass is 10.3. The number of halogens is 1. The van der Waals surface area contributed by atoms with E-state index in [4.69, 9.17) is 25.5 Å². The van der Waals surface area contributed by atoms with E-state index in [1.807, 2.05) is 12.1 Å². The first kappa shape index (κ1) is 18.8. The highest BCUT2D eigenvalue weighted by Crippen LogP contribution is 2.24. The average molecular weight is 379 g/mol. The second-order valence-corrected chi connectivity index (χ2v) is 6.46. The molecule has 3 rings (SSSR count). The summed E-state index contributed by atoms with van der Waals surface area (Å²) in [5.41, 5.74) is 0. The Bertz CT molecular complexity index is 713. The van der Waals surface area contributed by atoms with Gasteiger partial charge < -0.3 is 19.2 Å². The van der Waals surface area contributed by atoms with Gasteiger partial charge in [0.05, 0.1) is 18.2 Å². The molecule has 2 aromatic rings. The lowest BCUT2D eigenvalue weighted by Crippen LogP contribution is -2.38. The van der Waals surface area contributed by atoms with Gasteiger partial charge in [-0.25, -0.2) is 0 Å². The number of morpholine rings is 1. The Morgan fingerprint density at radius 3 is 2.81 bits per heavy atom. The van der Waals surface area contributed by atoms with Crippen molar-refractivity contribution < 1.29 is 18.7 Å². The number of hydrogen-bond acceptors (Lipinski definition) is 5. The molecule has 0 saturated carbocycles. The fraction of sp³-hybridized carbons (Fsp3) is 0.421. The van der Waals surface area contributed by atoms with Crippen LogP contribution in [0.5, 0.6) is 5.75 Å². The molecule has 0 spiro atoms. The van der Waals surface area contributed by atoms with E-state index >= 15 is 0 Å². The quantitative estimate of drug-likeness (QED) is 0.715. The van der Waals surface area contributed by atoms with Crippen LogP contribution in [0.25, 0.3) is 0 Å². The lowest BCUT2D eigenvalue weighted by Gasteiger charge is -2.26. The topological polar surface area (TPSA) is 63.9 Å². The Morgan fingerprint density at radius 1 is 1.19 bits per heavy atom. The van der Waals surface area contributed by atoms with Crippen molar-refractivity contribution in [2.45, 2.75) is 13.0 Å². The molecule has 1 amide bonds. The van der Waals surface area contributed by atoms with Crippen LogP contribution in [0, 0.1) is 0 Å². The standard InChI is InChI=1S/C19H23ClN2O4/c20-16-4-1-2-5-17(16)25-14-15-6-7-18(26-15)19(23)21-8-3-9-22-10-12-24-13-11-22/h1-2,4-7H,3,8-14H2,(H,21,23). The number of nitrogens with one attached hydrogen (secondary N) is 1. The fourth-order valence-electron chi connectivity index (χ4n) is 2.70. The van der Waals surface area contributed by atoms with E-state index in [0.717, 1.165) is 39.3 Å². The first-order chi connectivity index (χ1) is 12.7. The van der Waals surface area contributed by atoms with Crippen molar-refractivity contribution in [2.75, 3.05) is 39.4 Å². The molecule has 0 aliphatic carbocycles. The number of rotatable bonds is 8. The highest BCUT2D eigenvalue weighted by Gasteiger charge is 2.13. The molecule has 0 atom stereocenters. The highest BCUT2D eigenvalue weighted by molar-refractivity contribution is 6.32. The van der Waals surface area contributed by atoms with Gasteiger partial charge in [0, 0.05) is 19.6 Å². The molecule has 1 saturated heterocycles. The molecular weight excluding hydrogens is 356 g/mol. The Morgan fingerprint density at radius 2 is 2.00 bits per heavy atom. The number of para-hydroxylation sites is 1. The van der Waals surface area contributed by atoms with Gasteiger partial charge in [0.2, 0.25) is 0 Å². The predicted octanol–water partition coefficient (Wildman–Crippen LogP) is 2.96. The number of furan rings is 1.